The van der Waals surface area contributed by atoms with Crippen LogP contribution in [0.4, 0.5) is 5.69 Å². The minimum atomic E-state index is -1.44. The van der Waals surface area contributed by atoms with Gasteiger partial charge in [-0.3, -0.25) is 9.71 Å². The lowest BCUT2D eigenvalue weighted by Crippen LogP contribution is -2.08. The number of hydrogen-bond acceptors (Lipinski definition) is 2. The van der Waals surface area contributed by atoms with E-state index in [4.69, 9.17) is 6.42 Å². The molecular formula is C18H14N2OS. The monoisotopic (exact) mass is 306 g/mol. The molecule has 1 N–H and O–H groups in total. The number of aromatic nitrogens is 1. The van der Waals surface area contributed by atoms with E-state index in [1.807, 2.05) is 55.5 Å². The van der Waals surface area contributed by atoms with Crippen molar-refractivity contribution in [3.8, 4) is 12.3 Å². The molecular weight excluding hydrogens is 292 g/mol. The van der Waals surface area contributed by atoms with Gasteiger partial charge in [0, 0.05) is 17.1 Å². The van der Waals surface area contributed by atoms with E-state index in [0.717, 1.165) is 16.5 Å². The van der Waals surface area contributed by atoms with Crippen molar-refractivity contribution in [1.82, 2.24) is 4.98 Å². The summed E-state index contributed by atoms with van der Waals surface area (Å²) in [4.78, 5) is 5.06. The van der Waals surface area contributed by atoms with E-state index in [1.54, 1.807) is 6.20 Å². The maximum Gasteiger partial charge on any atom is 0.152 e. The largest absolute Gasteiger partial charge is 0.300 e. The van der Waals surface area contributed by atoms with Crippen LogP contribution in [0.15, 0.2) is 59.6 Å². The van der Waals surface area contributed by atoms with Crippen molar-refractivity contribution in [3.63, 3.8) is 0 Å². The summed E-state index contributed by atoms with van der Waals surface area (Å²) in [7, 11) is -1.44. The molecule has 1 heterocycles. The van der Waals surface area contributed by atoms with E-state index >= 15 is 0 Å². The van der Waals surface area contributed by atoms with E-state index in [2.05, 4.69) is 15.6 Å². The van der Waals surface area contributed by atoms with Crippen molar-refractivity contribution in [2.45, 2.75) is 11.8 Å². The summed E-state index contributed by atoms with van der Waals surface area (Å²) in [5.41, 5.74) is 3.03. The van der Waals surface area contributed by atoms with Crippen molar-refractivity contribution in [1.29, 1.82) is 0 Å². The Morgan fingerprint density at radius 2 is 1.95 bits per heavy atom. The van der Waals surface area contributed by atoms with Gasteiger partial charge in [-0.25, -0.2) is 4.21 Å². The summed E-state index contributed by atoms with van der Waals surface area (Å²) >= 11 is 0. The third kappa shape index (κ3) is 2.59. The van der Waals surface area contributed by atoms with Gasteiger partial charge in [0.25, 0.3) is 0 Å². The third-order valence-corrected chi connectivity index (χ3v) is 4.69. The smallest absolute Gasteiger partial charge is 0.152 e. The van der Waals surface area contributed by atoms with Gasteiger partial charge >= 0.3 is 0 Å². The number of para-hydroxylation sites is 1. The molecule has 0 radical (unpaired) electrons. The fourth-order valence-electron chi connectivity index (χ4n) is 2.30. The first-order chi connectivity index (χ1) is 10.7. The molecule has 22 heavy (non-hydrogen) atoms. The average Bonchev–Trinajstić information content (AvgIpc) is 2.55. The zero-order valence-corrected chi connectivity index (χ0v) is 12.9. The summed E-state index contributed by atoms with van der Waals surface area (Å²) < 4.78 is 15.8. The first-order valence-corrected chi connectivity index (χ1v) is 7.94. The molecule has 0 spiro atoms. The number of nitrogens with one attached hydrogen (secondary N) is 1. The molecule has 3 rings (SSSR count). The van der Waals surface area contributed by atoms with Crippen LogP contribution in [0.1, 0.15) is 11.1 Å². The molecule has 3 aromatic rings. The lowest BCUT2D eigenvalue weighted by molar-refractivity contribution is 0.686. The van der Waals surface area contributed by atoms with Gasteiger partial charge in [-0.2, -0.15) is 0 Å². The Hall–Kier alpha value is -2.64. The lowest BCUT2D eigenvalue weighted by atomic mass is 10.1. The number of terminal acetylenes is 1. The Kier molecular flexibility index (Phi) is 3.90. The van der Waals surface area contributed by atoms with Crippen molar-refractivity contribution in [3.05, 3.63) is 65.9 Å². The number of benzene rings is 2. The third-order valence-electron chi connectivity index (χ3n) is 3.40. The highest BCUT2D eigenvalue weighted by molar-refractivity contribution is 7.86. The topological polar surface area (TPSA) is 42.0 Å². The highest BCUT2D eigenvalue weighted by Gasteiger charge is 2.14. The van der Waals surface area contributed by atoms with Crippen LogP contribution >= 0.6 is 0 Å². The average molecular weight is 306 g/mol. The second kappa shape index (κ2) is 6.00. The van der Waals surface area contributed by atoms with E-state index in [9.17, 15) is 4.21 Å². The van der Waals surface area contributed by atoms with E-state index < -0.39 is 11.0 Å². The number of aryl methyl sites for hydroxylation is 1. The Balaban J connectivity index is 2.07. The molecule has 1 atom stereocenters. The molecule has 3 nitrogen and oxygen atoms in total. The fraction of sp³-hybridized carbons (Fsp3) is 0.0556. The van der Waals surface area contributed by atoms with Crippen molar-refractivity contribution >= 4 is 27.6 Å². The van der Waals surface area contributed by atoms with Gasteiger partial charge in [0.2, 0.25) is 0 Å². The standard InChI is InChI=1S/C18H14N2OS/c1-3-14-7-4-5-9-16(14)20-22(21)18-13(2)10-11-15-8-6-12-19-17(15)18/h1,4-12,20H,2H3. The number of pyridine rings is 1. The Labute approximate surface area is 132 Å². The number of rotatable bonds is 3. The number of anilines is 1. The summed E-state index contributed by atoms with van der Waals surface area (Å²) in [6.45, 7) is 1.93. The molecule has 0 aliphatic heterocycles. The van der Waals surface area contributed by atoms with Crippen LogP contribution in [0.3, 0.4) is 0 Å². The van der Waals surface area contributed by atoms with Crippen LogP contribution in [0.5, 0.6) is 0 Å². The van der Waals surface area contributed by atoms with Crippen LogP contribution in [0.25, 0.3) is 10.9 Å². The van der Waals surface area contributed by atoms with Gasteiger partial charge in [-0.15, -0.1) is 6.42 Å². The molecule has 0 fully saturated rings. The molecule has 108 valence electrons. The van der Waals surface area contributed by atoms with Gasteiger partial charge in [0.15, 0.2) is 11.0 Å². The molecule has 2 aromatic carbocycles. The number of hydrogen-bond donors (Lipinski definition) is 1. The van der Waals surface area contributed by atoms with Crippen LogP contribution < -0.4 is 4.72 Å². The molecule has 0 amide bonds. The molecule has 4 heteroatoms. The normalized spacial score (nSPS) is 11.8. The van der Waals surface area contributed by atoms with E-state index in [0.29, 0.717) is 16.1 Å². The predicted octanol–water partition coefficient (Wildman–Crippen LogP) is 3.66. The second-order valence-corrected chi connectivity index (χ2v) is 6.00. The van der Waals surface area contributed by atoms with Gasteiger partial charge in [-0.1, -0.05) is 36.3 Å². The fourth-order valence-corrected chi connectivity index (χ4v) is 3.49. The van der Waals surface area contributed by atoms with Crippen LogP contribution in [-0.4, -0.2) is 9.19 Å². The highest BCUT2D eigenvalue weighted by Crippen LogP contribution is 2.25. The summed E-state index contributed by atoms with van der Waals surface area (Å²) in [6, 6.07) is 15.1. The van der Waals surface area contributed by atoms with Crippen molar-refractivity contribution in [2.75, 3.05) is 4.72 Å². The molecule has 1 aromatic heterocycles. The van der Waals surface area contributed by atoms with Crippen LogP contribution in [0, 0.1) is 19.3 Å². The first-order valence-electron chi connectivity index (χ1n) is 6.79. The van der Waals surface area contributed by atoms with Gasteiger partial charge < -0.3 is 0 Å². The Morgan fingerprint density at radius 1 is 1.14 bits per heavy atom. The SMILES string of the molecule is C#Cc1ccccc1NS(=O)c1c(C)ccc2cccnc12. The number of nitrogens with zero attached hydrogens (tertiary/aromatic N) is 1. The zero-order chi connectivity index (χ0) is 15.5. The maximum absolute atomic E-state index is 12.8. The zero-order valence-electron chi connectivity index (χ0n) is 12.0. The van der Waals surface area contributed by atoms with E-state index in [-0.39, 0.29) is 0 Å². The van der Waals surface area contributed by atoms with Crippen molar-refractivity contribution < 1.29 is 4.21 Å². The van der Waals surface area contributed by atoms with Gasteiger partial charge in [0.05, 0.1) is 16.1 Å². The first kappa shape index (κ1) is 14.3. The van der Waals surface area contributed by atoms with Gasteiger partial charge in [-0.05, 0) is 30.7 Å². The Bertz CT molecular complexity index is 912. The van der Waals surface area contributed by atoms with Crippen LogP contribution in [0.2, 0.25) is 0 Å². The minimum absolute atomic E-state index is 0.677. The highest BCUT2D eigenvalue weighted by atomic mass is 32.2. The molecule has 0 saturated heterocycles. The van der Waals surface area contributed by atoms with Gasteiger partial charge in [0.1, 0.15) is 0 Å². The lowest BCUT2D eigenvalue weighted by Gasteiger charge is -2.12. The molecule has 0 saturated carbocycles. The molecule has 0 aliphatic carbocycles. The van der Waals surface area contributed by atoms with E-state index in [1.165, 1.54) is 0 Å². The number of fused-ring (bicyclic) bond motifs is 1. The molecule has 0 aliphatic rings. The summed E-state index contributed by atoms with van der Waals surface area (Å²) in [5, 5.41) is 0.962. The maximum atomic E-state index is 12.8. The Morgan fingerprint density at radius 3 is 2.77 bits per heavy atom. The van der Waals surface area contributed by atoms with Crippen molar-refractivity contribution in [2.24, 2.45) is 0 Å². The molecule has 0 bridgehead atoms. The summed E-state index contributed by atoms with van der Waals surface area (Å²) in [5.74, 6) is 2.59. The summed E-state index contributed by atoms with van der Waals surface area (Å²) in [6.07, 6.45) is 7.19. The van der Waals surface area contributed by atoms with Crippen LogP contribution in [-0.2, 0) is 11.0 Å². The predicted molar refractivity (Wildman–Crippen MR) is 90.9 cm³/mol. The minimum Gasteiger partial charge on any atom is -0.300 e. The molecule has 1 unspecified atom stereocenters. The second-order valence-electron chi connectivity index (χ2n) is 4.85. The quantitative estimate of drug-likeness (QED) is 0.750.